The molecule has 0 spiro atoms. The molecule has 0 saturated carbocycles. The van der Waals surface area contributed by atoms with Crippen molar-refractivity contribution in [2.45, 2.75) is 31.4 Å². The molecule has 0 aromatic carbocycles. The molecule has 1 unspecified atom stereocenters. The molecule has 6 heteroatoms. The zero-order valence-electron chi connectivity index (χ0n) is 10.2. The van der Waals surface area contributed by atoms with Gasteiger partial charge in [-0.1, -0.05) is 12.5 Å². The molecule has 5 nitrogen and oxygen atoms in total. The molecule has 0 N–H and O–H groups in total. The van der Waals surface area contributed by atoms with Crippen molar-refractivity contribution in [3.63, 3.8) is 0 Å². The van der Waals surface area contributed by atoms with Gasteiger partial charge >= 0.3 is 0 Å². The normalized spacial score (nSPS) is 23.3. The average Bonchev–Trinajstić information content (AvgIpc) is 2.70. The lowest BCUT2D eigenvalue weighted by Crippen LogP contribution is -2.22. The SMILES string of the molecule is Cc1ccc2nc(C3CCCCS3(=O)=O)nn2c1. The van der Waals surface area contributed by atoms with Crippen molar-refractivity contribution in [2.24, 2.45) is 0 Å². The second-order valence-corrected chi connectivity index (χ2v) is 7.13. The first kappa shape index (κ1) is 11.6. The Bertz CT molecular complexity index is 690. The molecule has 0 amide bonds. The van der Waals surface area contributed by atoms with Crippen LogP contribution in [0.4, 0.5) is 0 Å². The fraction of sp³-hybridized carbons (Fsp3) is 0.500. The zero-order valence-corrected chi connectivity index (χ0v) is 11.0. The summed E-state index contributed by atoms with van der Waals surface area (Å²) in [5.41, 5.74) is 1.78. The van der Waals surface area contributed by atoms with Gasteiger partial charge in [0.25, 0.3) is 0 Å². The number of fused-ring (bicyclic) bond motifs is 1. The second-order valence-electron chi connectivity index (χ2n) is 4.83. The number of rotatable bonds is 1. The predicted octanol–water partition coefficient (Wildman–Crippen LogP) is 1.68. The minimum Gasteiger partial charge on any atom is -0.228 e. The maximum Gasteiger partial charge on any atom is 0.169 e. The summed E-state index contributed by atoms with van der Waals surface area (Å²) in [4.78, 5) is 4.35. The van der Waals surface area contributed by atoms with Gasteiger partial charge < -0.3 is 0 Å². The molecular weight excluding hydrogens is 250 g/mol. The number of pyridine rings is 1. The van der Waals surface area contributed by atoms with Crippen LogP contribution in [0.15, 0.2) is 18.3 Å². The summed E-state index contributed by atoms with van der Waals surface area (Å²) in [5.74, 6) is 0.701. The lowest BCUT2D eigenvalue weighted by molar-refractivity contribution is 0.538. The molecular formula is C12H15N3O2S. The van der Waals surface area contributed by atoms with Crippen LogP contribution < -0.4 is 0 Å². The monoisotopic (exact) mass is 265 g/mol. The van der Waals surface area contributed by atoms with Crippen molar-refractivity contribution < 1.29 is 8.42 Å². The number of hydrogen-bond acceptors (Lipinski definition) is 4. The van der Waals surface area contributed by atoms with Gasteiger partial charge in [-0.25, -0.2) is 17.9 Å². The summed E-state index contributed by atoms with van der Waals surface area (Å²) in [6.45, 7) is 1.97. The molecule has 1 fully saturated rings. The Kier molecular flexibility index (Phi) is 2.62. The first-order valence-corrected chi connectivity index (χ1v) is 7.82. The number of sulfone groups is 1. The number of aryl methyl sites for hydroxylation is 1. The van der Waals surface area contributed by atoms with Crippen LogP contribution in [0.5, 0.6) is 0 Å². The van der Waals surface area contributed by atoms with Gasteiger partial charge in [-0.15, -0.1) is 5.10 Å². The maximum atomic E-state index is 12.0. The Balaban J connectivity index is 2.08. The zero-order chi connectivity index (χ0) is 12.8. The molecule has 3 rings (SSSR count). The molecule has 0 aliphatic carbocycles. The summed E-state index contributed by atoms with van der Waals surface area (Å²) < 4.78 is 25.7. The van der Waals surface area contributed by atoms with Gasteiger partial charge in [0.15, 0.2) is 21.3 Å². The highest BCUT2D eigenvalue weighted by Gasteiger charge is 2.33. The van der Waals surface area contributed by atoms with Crippen LogP contribution in [-0.4, -0.2) is 28.8 Å². The highest BCUT2D eigenvalue weighted by atomic mass is 32.2. The summed E-state index contributed by atoms with van der Waals surface area (Å²) in [5, 5.41) is 3.80. The standard InChI is InChI=1S/C12H15N3O2S/c1-9-5-6-11-13-12(14-15(11)8-9)10-4-2-3-7-18(10,16)17/h5-6,8,10H,2-4,7H2,1H3. The Morgan fingerprint density at radius 1 is 1.33 bits per heavy atom. The van der Waals surface area contributed by atoms with Crippen LogP contribution in [-0.2, 0) is 9.84 Å². The first-order chi connectivity index (χ1) is 8.56. The van der Waals surface area contributed by atoms with Gasteiger partial charge in [-0.05, 0) is 31.4 Å². The van der Waals surface area contributed by atoms with E-state index in [9.17, 15) is 8.42 Å². The van der Waals surface area contributed by atoms with Crippen LogP contribution in [0.2, 0.25) is 0 Å². The predicted molar refractivity (Wildman–Crippen MR) is 68.1 cm³/mol. The number of nitrogens with zero attached hydrogens (tertiary/aromatic N) is 3. The van der Waals surface area contributed by atoms with Gasteiger partial charge in [0, 0.05) is 6.20 Å². The van der Waals surface area contributed by atoms with Crippen molar-refractivity contribution in [3.05, 3.63) is 29.7 Å². The molecule has 1 saturated heterocycles. The van der Waals surface area contributed by atoms with Gasteiger partial charge in [-0.3, -0.25) is 0 Å². The summed E-state index contributed by atoms with van der Waals surface area (Å²) >= 11 is 0. The molecule has 0 radical (unpaired) electrons. The van der Waals surface area contributed by atoms with Crippen LogP contribution in [0.3, 0.4) is 0 Å². The minimum absolute atomic E-state index is 0.256. The molecule has 1 aliphatic heterocycles. The van der Waals surface area contributed by atoms with Crippen LogP contribution in [0.1, 0.15) is 35.9 Å². The molecule has 1 aliphatic rings. The third kappa shape index (κ3) is 1.90. The van der Waals surface area contributed by atoms with Crippen molar-refractivity contribution in [1.82, 2.24) is 14.6 Å². The smallest absolute Gasteiger partial charge is 0.169 e. The van der Waals surface area contributed by atoms with Gasteiger partial charge in [0.1, 0.15) is 5.25 Å². The van der Waals surface area contributed by atoms with E-state index in [0.717, 1.165) is 18.4 Å². The van der Waals surface area contributed by atoms with Crippen molar-refractivity contribution in [2.75, 3.05) is 5.75 Å². The Hall–Kier alpha value is -1.43. The van der Waals surface area contributed by atoms with E-state index in [1.165, 1.54) is 0 Å². The molecule has 2 aromatic rings. The van der Waals surface area contributed by atoms with E-state index in [0.29, 0.717) is 17.9 Å². The Morgan fingerprint density at radius 3 is 2.94 bits per heavy atom. The molecule has 96 valence electrons. The molecule has 2 aromatic heterocycles. The van der Waals surface area contributed by atoms with E-state index in [1.807, 2.05) is 25.3 Å². The number of aromatic nitrogens is 3. The largest absolute Gasteiger partial charge is 0.228 e. The van der Waals surface area contributed by atoms with Gasteiger partial charge in [0.2, 0.25) is 0 Å². The van der Waals surface area contributed by atoms with Gasteiger partial charge in [0.05, 0.1) is 5.75 Å². The highest BCUT2D eigenvalue weighted by Crippen LogP contribution is 2.31. The fourth-order valence-corrected chi connectivity index (χ4v) is 4.22. The molecule has 18 heavy (non-hydrogen) atoms. The highest BCUT2D eigenvalue weighted by molar-refractivity contribution is 7.91. The van der Waals surface area contributed by atoms with E-state index in [2.05, 4.69) is 10.1 Å². The molecule has 1 atom stereocenters. The van der Waals surface area contributed by atoms with Crippen molar-refractivity contribution in [3.8, 4) is 0 Å². The van der Waals surface area contributed by atoms with Crippen LogP contribution in [0.25, 0.3) is 5.65 Å². The van der Waals surface area contributed by atoms with E-state index in [4.69, 9.17) is 0 Å². The van der Waals surface area contributed by atoms with Gasteiger partial charge in [-0.2, -0.15) is 0 Å². The number of hydrogen-bond donors (Lipinski definition) is 0. The van der Waals surface area contributed by atoms with E-state index < -0.39 is 15.1 Å². The lowest BCUT2D eigenvalue weighted by atomic mass is 10.2. The quantitative estimate of drug-likeness (QED) is 0.787. The van der Waals surface area contributed by atoms with Crippen molar-refractivity contribution in [1.29, 1.82) is 0 Å². The Labute approximate surface area is 106 Å². The van der Waals surface area contributed by atoms with Crippen molar-refractivity contribution >= 4 is 15.5 Å². The molecule has 0 bridgehead atoms. The Morgan fingerprint density at radius 2 is 2.17 bits per heavy atom. The lowest BCUT2D eigenvalue weighted by Gasteiger charge is -2.19. The van der Waals surface area contributed by atoms with Crippen LogP contribution in [0, 0.1) is 6.92 Å². The minimum atomic E-state index is -3.07. The summed E-state index contributed by atoms with van der Waals surface area (Å²) in [6.07, 6.45) is 4.18. The van der Waals surface area contributed by atoms with E-state index in [-0.39, 0.29) is 5.75 Å². The third-order valence-electron chi connectivity index (χ3n) is 3.36. The third-order valence-corrected chi connectivity index (χ3v) is 5.53. The summed E-state index contributed by atoms with van der Waals surface area (Å²) in [7, 11) is -3.07. The van der Waals surface area contributed by atoms with Crippen LogP contribution >= 0.6 is 0 Å². The first-order valence-electron chi connectivity index (χ1n) is 6.11. The van der Waals surface area contributed by atoms with E-state index in [1.54, 1.807) is 4.52 Å². The average molecular weight is 265 g/mol. The van der Waals surface area contributed by atoms with E-state index >= 15 is 0 Å². The fourth-order valence-electron chi connectivity index (χ4n) is 2.38. The molecule has 3 heterocycles. The maximum absolute atomic E-state index is 12.0. The topological polar surface area (TPSA) is 64.3 Å². The summed E-state index contributed by atoms with van der Waals surface area (Å²) in [6, 6.07) is 3.81. The second kappa shape index (κ2) is 4.05.